The molecule has 1 aliphatic carbocycles. The van der Waals surface area contributed by atoms with E-state index in [4.69, 9.17) is 18.9 Å². The lowest BCUT2D eigenvalue weighted by Crippen LogP contribution is -2.27. The van der Waals surface area contributed by atoms with Crippen molar-refractivity contribution in [2.45, 2.75) is 24.8 Å². The van der Waals surface area contributed by atoms with E-state index in [2.05, 4.69) is 10.6 Å². The average molecular weight is 487 g/mol. The quantitative estimate of drug-likeness (QED) is 0.463. The Bertz CT molecular complexity index is 1330. The van der Waals surface area contributed by atoms with Crippen LogP contribution in [0.1, 0.15) is 35.9 Å². The van der Waals surface area contributed by atoms with Gasteiger partial charge in [-0.2, -0.15) is 0 Å². The van der Waals surface area contributed by atoms with E-state index in [-0.39, 0.29) is 17.7 Å². The number of fused-ring (bicyclic) bond motifs is 1. The van der Waals surface area contributed by atoms with Gasteiger partial charge in [0, 0.05) is 29.2 Å². The maximum atomic E-state index is 13.9. The molecular formula is C29H30N2O5. The van der Waals surface area contributed by atoms with E-state index in [9.17, 15) is 4.79 Å². The molecule has 5 rings (SSSR count). The Morgan fingerprint density at radius 2 is 1.47 bits per heavy atom. The number of hydrogen-bond donors (Lipinski definition) is 2. The zero-order chi connectivity index (χ0) is 25.2. The Morgan fingerprint density at radius 3 is 2.19 bits per heavy atom. The number of allylic oxidation sites excluding steroid dienone is 1. The first kappa shape index (κ1) is 23.6. The fraction of sp³-hybridized carbons (Fsp3) is 0.276. The summed E-state index contributed by atoms with van der Waals surface area (Å²) < 4.78 is 22.1. The van der Waals surface area contributed by atoms with Crippen LogP contribution >= 0.6 is 0 Å². The van der Waals surface area contributed by atoms with Crippen molar-refractivity contribution in [2.75, 3.05) is 39.1 Å². The van der Waals surface area contributed by atoms with Crippen LogP contribution in [0.15, 0.2) is 71.9 Å². The third-order valence-corrected chi connectivity index (χ3v) is 6.93. The number of hydrogen-bond acceptors (Lipinski definition) is 7. The number of ether oxygens (including phenoxy) is 4. The zero-order valence-corrected chi connectivity index (χ0v) is 20.9. The molecule has 36 heavy (non-hydrogen) atoms. The van der Waals surface area contributed by atoms with Crippen molar-refractivity contribution in [3.63, 3.8) is 0 Å². The summed E-state index contributed by atoms with van der Waals surface area (Å²) in [5.41, 5.74) is 5.38. The van der Waals surface area contributed by atoms with Gasteiger partial charge >= 0.3 is 0 Å². The lowest BCUT2D eigenvalue weighted by Gasteiger charge is -2.30. The van der Waals surface area contributed by atoms with Crippen LogP contribution in [0.4, 0.5) is 11.4 Å². The summed E-state index contributed by atoms with van der Waals surface area (Å²) in [5.74, 6) is 2.78. The highest BCUT2D eigenvalue weighted by Crippen LogP contribution is 2.47. The highest BCUT2D eigenvalue weighted by Gasteiger charge is 2.37. The molecule has 2 atom stereocenters. The Morgan fingerprint density at radius 1 is 0.750 bits per heavy atom. The second-order valence-electron chi connectivity index (χ2n) is 8.89. The Kier molecular flexibility index (Phi) is 6.46. The second kappa shape index (κ2) is 9.85. The molecule has 0 fully saturated rings. The Labute approximate surface area is 211 Å². The molecule has 2 unspecified atom stereocenters. The lowest BCUT2D eigenvalue weighted by atomic mass is 9.78. The van der Waals surface area contributed by atoms with Crippen molar-refractivity contribution < 1.29 is 23.7 Å². The number of nitrogens with one attached hydrogen (secondary N) is 2. The number of anilines is 2. The Balaban J connectivity index is 1.62. The number of carbonyl (C=O) groups excluding carboxylic acids is 1. The molecule has 0 spiro atoms. The van der Waals surface area contributed by atoms with E-state index in [1.54, 1.807) is 28.4 Å². The molecule has 0 aromatic heterocycles. The third kappa shape index (κ3) is 4.21. The normalized spacial score (nSPS) is 18.7. The Hall–Kier alpha value is -4.13. The summed E-state index contributed by atoms with van der Waals surface area (Å²) in [4.78, 5) is 13.9. The number of rotatable bonds is 6. The molecule has 0 saturated heterocycles. The molecule has 2 aliphatic rings. The minimum Gasteiger partial charge on any atom is -0.497 e. The van der Waals surface area contributed by atoms with Crippen molar-refractivity contribution in [3.05, 3.63) is 83.1 Å². The second-order valence-corrected chi connectivity index (χ2v) is 8.89. The van der Waals surface area contributed by atoms with E-state index in [1.807, 2.05) is 60.7 Å². The van der Waals surface area contributed by atoms with Crippen molar-refractivity contribution in [1.82, 2.24) is 0 Å². The average Bonchev–Trinajstić information content (AvgIpc) is 3.09. The predicted molar refractivity (Wildman–Crippen MR) is 140 cm³/mol. The summed E-state index contributed by atoms with van der Waals surface area (Å²) in [6.07, 6.45) is 1.02. The standard InChI is InChI=1S/C29H30N2O5/c1-33-19-10-12-25(34-2)20(16-19)18-13-23-28(24(32)14-18)29(31-22-8-6-5-7-21(22)30-23)17-9-11-26(35-3)27(15-17)36-4/h5-12,15-16,18,29-31H,13-14H2,1-4H3. The largest absolute Gasteiger partial charge is 0.497 e. The van der Waals surface area contributed by atoms with Crippen molar-refractivity contribution >= 4 is 17.2 Å². The van der Waals surface area contributed by atoms with Crippen molar-refractivity contribution in [3.8, 4) is 23.0 Å². The number of Topliss-reactive ketones (excluding diaryl/α,β-unsaturated/α-hetero) is 1. The fourth-order valence-electron chi connectivity index (χ4n) is 5.15. The molecule has 0 saturated carbocycles. The highest BCUT2D eigenvalue weighted by atomic mass is 16.5. The van der Waals surface area contributed by atoms with Gasteiger partial charge < -0.3 is 29.6 Å². The van der Waals surface area contributed by atoms with Gasteiger partial charge in [0.1, 0.15) is 11.5 Å². The lowest BCUT2D eigenvalue weighted by molar-refractivity contribution is -0.116. The smallest absolute Gasteiger partial charge is 0.163 e. The first-order chi connectivity index (χ1) is 17.6. The molecular weight excluding hydrogens is 456 g/mol. The molecule has 1 heterocycles. The van der Waals surface area contributed by atoms with Gasteiger partial charge in [0.2, 0.25) is 0 Å². The van der Waals surface area contributed by atoms with Gasteiger partial charge in [-0.15, -0.1) is 0 Å². The molecule has 7 heteroatoms. The topological polar surface area (TPSA) is 78.1 Å². The van der Waals surface area contributed by atoms with Gasteiger partial charge in [0.15, 0.2) is 17.3 Å². The van der Waals surface area contributed by atoms with Crippen LogP contribution in [0.25, 0.3) is 0 Å². The van der Waals surface area contributed by atoms with E-state index in [1.165, 1.54) is 0 Å². The highest BCUT2D eigenvalue weighted by molar-refractivity contribution is 6.01. The van der Waals surface area contributed by atoms with Crippen LogP contribution in [0.2, 0.25) is 0 Å². The van der Waals surface area contributed by atoms with E-state index in [0.717, 1.165) is 45.3 Å². The molecule has 2 N–H and O–H groups in total. The van der Waals surface area contributed by atoms with Crippen LogP contribution < -0.4 is 29.6 Å². The van der Waals surface area contributed by atoms with E-state index >= 15 is 0 Å². The van der Waals surface area contributed by atoms with Gasteiger partial charge in [-0.3, -0.25) is 4.79 Å². The van der Waals surface area contributed by atoms with Crippen LogP contribution in [0, 0.1) is 0 Å². The maximum absolute atomic E-state index is 13.9. The molecule has 186 valence electrons. The third-order valence-electron chi connectivity index (χ3n) is 6.93. The van der Waals surface area contributed by atoms with E-state index < -0.39 is 0 Å². The first-order valence-electron chi connectivity index (χ1n) is 11.9. The number of para-hydroxylation sites is 2. The molecule has 7 nitrogen and oxygen atoms in total. The van der Waals surface area contributed by atoms with Gasteiger partial charge in [0.05, 0.1) is 45.9 Å². The summed E-state index contributed by atoms with van der Waals surface area (Å²) in [6, 6.07) is 19.2. The SMILES string of the molecule is COc1ccc(OC)c(C2CC(=O)C3=C(C2)Nc2ccccc2NC3c2ccc(OC)c(OC)c2)c1. The van der Waals surface area contributed by atoms with E-state index in [0.29, 0.717) is 24.3 Å². The summed E-state index contributed by atoms with van der Waals surface area (Å²) in [5, 5.41) is 7.18. The van der Waals surface area contributed by atoms with Crippen LogP contribution in [-0.4, -0.2) is 34.2 Å². The van der Waals surface area contributed by atoms with Crippen molar-refractivity contribution in [1.29, 1.82) is 0 Å². The summed E-state index contributed by atoms with van der Waals surface area (Å²) in [6.45, 7) is 0. The fourth-order valence-corrected chi connectivity index (χ4v) is 5.15. The predicted octanol–water partition coefficient (Wildman–Crippen LogP) is 5.70. The number of carbonyl (C=O) groups is 1. The number of benzene rings is 3. The molecule has 3 aromatic carbocycles. The zero-order valence-electron chi connectivity index (χ0n) is 20.9. The maximum Gasteiger partial charge on any atom is 0.163 e. The van der Waals surface area contributed by atoms with Crippen LogP contribution in [0.3, 0.4) is 0 Å². The van der Waals surface area contributed by atoms with Crippen molar-refractivity contribution in [2.24, 2.45) is 0 Å². The molecule has 0 amide bonds. The van der Waals surface area contributed by atoms with Gasteiger partial charge in [-0.05, 0) is 54.4 Å². The number of methoxy groups -OCH3 is 4. The van der Waals surface area contributed by atoms with Gasteiger partial charge in [0.25, 0.3) is 0 Å². The summed E-state index contributed by atoms with van der Waals surface area (Å²) >= 11 is 0. The van der Waals surface area contributed by atoms with Crippen LogP contribution in [-0.2, 0) is 4.79 Å². The minimum atomic E-state index is -0.350. The van der Waals surface area contributed by atoms with Gasteiger partial charge in [-0.25, -0.2) is 0 Å². The monoisotopic (exact) mass is 486 g/mol. The molecule has 1 aliphatic heterocycles. The van der Waals surface area contributed by atoms with Gasteiger partial charge in [-0.1, -0.05) is 18.2 Å². The summed E-state index contributed by atoms with van der Waals surface area (Å²) in [7, 11) is 6.51. The minimum absolute atomic E-state index is 0.0508. The molecule has 0 bridgehead atoms. The number of ketones is 1. The molecule has 3 aromatic rings. The molecule has 0 radical (unpaired) electrons. The van der Waals surface area contributed by atoms with Crippen LogP contribution in [0.5, 0.6) is 23.0 Å². The first-order valence-corrected chi connectivity index (χ1v) is 11.9.